The minimum Gasteiger partial charge on any atom is -0.372 e. The van der Waals surface area contributed by atoms with Crippen molar-refractivity contribution in [1.29, 1.82) is 0 Å². The van der Waals surface area contributed by atoms with Crippen LogP contribution in [0.3, 0.4) is 0 Å². The lowest BCUT2D eigenvalue weighted by Crippen LogP contribution is -2.21. The minimum atomic E-state index is 1.04. The van der Waals surface area contributed by atoms with E-state index in [1.165, 1.54) is 21.2 Å². The van der Waals surface area contributed by atoms with E-state index in [2.05, 4.69) is 86.0 Å². The van der Waals surface area contributed by atoms with Crippen molar-refractivity contribution in [3.8, 4) is 0 Å². The van der Waals surface area contributed by atoms with E-state index in [4.69, 9.17) is 0 Å². The van der Waals surface area contributed by atoms with Gasteiger partial charge in [-0.05, 0) is 70.2 Å². The van der Waals surface area contributed by atoms with E-state index >= 15 is 0 Å². The van der Waals surface area contributed by atoms with Crippen molar-refractivity contribution in [3.63, 3.8) is 0 Å². The molecule has 0 heterocycles. The maximum Gasteiger partial charge on any atom is 0.0377 e. The van der Waals surface area contributed by atoms with Gasteiger partial charge >= 0.3 is 0 Å². The van der Waals surface area contributed by atoms with Crippen molar-refractivity contribution in [2.24, 2.45) is 0 Å². The molecule has 0 aromatic heterocycles. The Bertz CT molecular complexity index is 587. The molecule has 0 aliphatic rings. The van der Waals surface area contributed by atoms with Crippen LogP contribution in [-0.4, -0.2) is 26.2 Å². The number of rotatable bonds is 8. The topological polar surface area (TPSA) is 6.48 Å². The largest absolute Gasteiger partial charge is 0.372 e. The van der Waals surface area contributed by atoms with Crippen molar-refractivity contribution < 1.29 is 0 Å². The second-order valence-electron chi connectivity index (χ2n) is 5.44. The highest BCUT2D eigenvalue weighted by Crippen LogP contribution is 2.31. The molecule has 0 N–H and O–H groups in total. The molecular formula is C20H28N2S. The van der Waals surface area contributed by atoms with Crippen molar-refractivity contribution in [2.75, 3.05) is 36.0 Å². The van der Waals surface area contributed by atoms with Gasteiger partial charge in [-0.2, -0.15) is 0 Å². The molecule has 0 spiro atoms. The van der Waals surface area contributed by atoms with Gasteiger partial charge in [0, 0.05) is 47.3 Å². The Morgan fingerprint density at radius 1 is 0.652 bits per heavy atom. The van der Waals surface area contributed by atoms with Gasteiger partial charge < -0.3 is 9.80 Å². The van der Waals surface area contributed by atoms with E-state index in [0.29, 0.717) is 0 Å². The van der Waals surface area contributed by atoms with Gasteiger partial charge in [-0.15, -0.1) is 0 Å². The summed E-state index contributed by atoms with van der Waals surface area (Å²) in [6, 6.07) is 17.7. The molecule has 124 valence electrons. The Morgan fingerprint density at radius 2 is 1.22 bits per heavy atom. The van der Waals surface area contributed by atoms with Gasteiger partial charge in [0.25, 0.3) is 0 Å². The summed E-state index contributed by atoms with van der Waals surface area (Å²) in [5.74, 6) is 0. The maximum atomic E-state index is 2.38. The molecular weight excluding hydrogens is 300 g/mol. The van der Waals surface area contributed by atoms with Crippen molar-refractivity contribution in [1.82, 2.24) is 0 Å². The molecule has 0 radical (unpaired) electrons. The summed E-state index contributed by atoms with van der Waals surface area (Å²) in [5, 5.41) is 0. The fraction of sp³-hybridized carbons (Fsp3) is 0.400. The highest BCUT2D eigenvalue weighted by Gasteiger charge is 2.05. The summed E-state index contributed by atoms with van der Waals surface area (Å²) in [6.07, 6.45) is 0. The van der Waals surface area contributed by atoms with Gasteiger partial charge in [0.1, 0.15) is 0 Å². The Morgan fingerprint density at radius 3 is 1.78 bits per heavy atom. The summed E-state index contributed by atoms with van der Waals surface area (Å²) >= 11 is 1.83. The minimum absolute atomic E-state index is 1.04. The smallest absolute Gasteiger partial charge is 0.0377 e. The molecule has 3 heteroatoms. The van der Waals surface area contributed by atoms with Gasteiger partial charge in [0.15, 0.2) is 0 Å². The summed E-state index contributed by atoms with van der Waals surface area (Å²) in [5.41, 5.74) is 2.61. The van der Waals surface area contributed by atoms with Crippen LogP contribution >= 0.6 is 11.8 Å². The standard InChI is InChI=1S/C20H28N2S/c1-5-21(6-2)17-12-14-19(15-13-17)23-20-11-9-10-18(16-20)22(7-3)8-4/h9-16H,5-8H2,1-4H3. The number of hydrogen-bond donors (Lipinski definition) is 0. The fourth-order valence-corrected chi connectivity index (χ4v) is 3.65. The zero-order valence-corrected chi connectivity index (χ0v) is 15.6. The van der Waals surface area contributed by atoms with Crippen molar-refractivity contribution >= 4 is 23.1 Å². The quantitative estimate of drug-likeness (QED) is 0.629. The molecule has 0 amide bonds. The van der Waals surface area contributed by atoms with Gasteiger partial charge in [0.05, 0.1) is 0 Å². The highest BCUT2D eigenvalue weighted by atomic mass is 32.2. The van der Waals surface area contributed by atoms with Crippen LogP contribution in [0.25, 0.3) is 0 Å². The molecule has 0 atom stereocenters. The van der Waals surface area contributed by atoms with Crippen LogP contribution in [0, 0.1) is 0 Å². The molecule has 2 rings (SSSR count). The molecule has 0 saturated heterocycles. The van der Waals surface area contributed by atoms with Crippen LogP contribution in [0.5, 0.6) is 0 Å². The molecule has 0 fully saturated rings. The van der Waals surface area contributed by atoms with Gasteiger partial charge in [-0.25, -0.2) is 0 Å². The third-order valence-electron chi connectivity index (χ3n) is 4.15. The molecule has 2 aromatic carbocycles. The monoisotopic (exact) mass is 328 g/mol. The molecule has 2 aromatic rings. The average Bonchev–Trinajstić information content (AvgIpc) is 2.59. The molecule has 0 bridgehead atoms. The van der Waals surface area contributed by atoms with Crippen LogP contribution in [0.15, 0.2) is 58.3 Å². The first-order valence-electron chi connectivity index (χ1n) is 8.59. The van der Waals surface area contributed by atoms with Crippen LogP contribution in [0.1, 0.15) is 27.7 Å². The lowest BCUT2D eigenvalue weighted by Gasteiger charge is -2.22. The fourth-order valence-electron chi connectivity index (χ4n) is 2.78. The number of hydrogen-bond acceptors (Lipinski definition) is 3. The van der Waals surface area contributed by atoms with Crippen LogP contribution < -0.4 is 9.80 Å². The second-order valence-corrected chi connectivity index (χ2v) is 6.58. The Kier molecular flexibility index (Phi) is 6.85. The lowest BCUT2D eigenvalue weighted by molar-refractivity contribution is 0.864. The van der Waals surface area contributed by atoms with Gasteiger partial charge in [-0.3, -0.25) is 0 Å². The van der Waals surface area contributed by atoms with Crippen LogP contribution in [-0.2, 0) is 0 Å². The van der Waals surface area contributed by atoms with Crippen LogP contribution in [0.2, 0.25) is 0 Å². The molecule has 0 saturated carbocycles. The van der Waals surface area contributed by atoms with E-state index in [-0.39, 0.29) is 0 Å². The SMILES string of the molecule is CCN(CC)c1ccc(Sc2cccc(N(CC)CC)c2)cc1. The van der Waals surface area contributed by atoms with E-state index in [0.717, 1.165) is 26.2 Å². The summed E-state index contributed by atoms with van der Waals surface area (Å²) < 4.78 is 0. The summed E-state index contributed by atoms with van der Waals surface area (Å²) in [7, 11) is 0. The zero-order chi connectivity index (χ0) is 16.7. The predicted molar refractivity (Wildman–Crippen MR) is 104 cm³/mol. The predicted octanol–water partition coefficient (Wildman–Crippen LogP) is 5.53. The van der Waals surface area contributed by atoms with E-state index < -0.39 is 0 Å². The first-order chi connectivity index (χ1) is 11.2. The lowest BCUT2D eigenvalue weighted by atomic mass is 10.3. The van der Waals surface area contributed by atoms with Crippen molar-refractivity contribution in [2.45, 2.75) is 37.5 Å². The molecule has 2 nitrogen and oxygen atoms in total. The van der Waals surface area contributed by atoms with E-state index in [1.807, 2.05) is 11.8 Å². The third kappa shape index (κ3) is 4.68. The highest BCUT2D eigenvalue weighted by molar-refractivity contribution is 7.99. The van der Waals surface area contributed by atoms with E-state index in [1.54, 1.807) is 0 Å². The van der Waals surface area contributed by atoms with E-state index in [9.17, 15) is 0 Å². The summed E-state index contributed by atoms with van der Waals surface area (Å²) in [6.45, 7) is 13.0. The first kappa shape index (κ1) is 17.7. The first-order valence-corrected chi connectivity index (χ1v) is 9.41. The number of anilines is 2. The summed E-state index contributed by atoms with van der Waals surface area (Å²) in [4.78, 5) is 7.34. The Hall–Kier alpha value is -1.61. The second kappa shape index (κ2) is 8.88. The van der Waals surface area contributed by atoms with Crippen LogP contribution in [0.4, 0.5) is 11.4 Å². The molecule has 0 aliphatic carbocycles. The van der Waals surface area contributed by atoms with Gasteiger partial charge in [-0.1, -0.05) is 17.8 Å². The molecule has 23 heavy (non-hydrogen) atoms. The number of nitrogens with zero attached hydrogens (tertiary/aromatic N) is 2. The molecule has 0 unspecified atom stereocenters. The number of benzene rings is 2. The van der Waals surface area contributed by atoms with Crippen molar-refractivity contribution in [3.05, 3.63) is 48.5 Å². The maximum absolute atomic E-state index is 2.38. The van der Waals surface area contributed by atoms with Gasteiger partial charge in [0.2, 0.25) is 0 Å². The third-order valence-corrected chi connectivity index (χ3v) is 5.14. The average molecular weight is 329 g/mol. The normalized spacial score (nSPS) is 10.6. The Labute approximate surface area is 145 Å². The Balaban J connectivity index is 2.11. The zero-order valence-electron chi connectivity index (χ0n) is 14.7. The molecule has 0 aliphatic heterocycles.